The monoisotopic (exact) mass is 268 g/mol. The van der Waals surface area contributed by atoms with Crippen molar-refractivity contribution in [2.24, 2.45) is 5.92 Å². The van der Waals surface area contributed by atoms with Crippen LogP contribution in [0.25, 0.3) is 0 Å². The molecule has 0 aliphatic carbocycles. The number of carbonyl (C=O) groups is 2. The van der Waals surface area contributed by atoms with E-state index in [-0.39, 0.29) is 5.57 Å². The largest absolute Gasteiger partial charge is 0.462 e. The molecule has 4 heteroatoms. The third kappa shape index (κ3) is 8.19. The van der Waals surface area contributed by atoms with E-state index in [4.69, 9.17) is 4.74 Å². The highest BCUT2D eigenvalue weighted by Crippen LogP contribution is 2.13. The number of hydrogen-bond acceptors (Lipinski definition) is 4. The minimum Gasteiger partial charge on any atom is -0.462 e. The zero-order valence-electron chi connectivity index (χ0n) is 12.1. The molecule has 0 radical (unpaired) electrons. The minimum atomic E-state index is -0.596. The minimum absolute atomic E-state index is 0.264. The quantitative estimate of drug-likeness (QED) is 0.365. The molecule has 0 heterocycles. The van der Waals surface area contributed by atoms with Gasteiger partial charge >= 0.3 is 11.9 Å². The molecule has 0 fully saturated rings. The molecular formula is C15H24O4. The highest BCUT2D eigenvalue weighted by Gasteiger charge is 2.11. The molecule has 0 N–H and O–H groups in total. The lowest BCUT2D eigenvalue weighted by Crippen LogP contribution is -2.14. The summed E-state index contributed by atoms with van der Waals surface area (Å²) >= 11 is 0. The molecule has 19 heavy (non-hydrogen) atoms. The van der Waals surface area contributed by atoms with Crippen LogP contribution in [0.3, 0.4) is 0 Å². The molecule has 0 aromatic heterocycles. The molecule has 0 aliphatic rings. The Morgan fingerprint density at radius 2 is 2.00 bits per heavy atom. The van der Waals surface area contributed by atoms with Crippen LogP contribution in [0.15, 0.2) is 24.5 Å². The average Bonchev–Trinajstić information content (AvgIpc) is 2.44. The van der Waals surface area contributed by atoms with Gasteiger partial charge in [0.2, 0.25) is 0 Å². The predicted octanol–water partition coefficient (Wildman–Crippen LogP) is 3.38. The van der Waals surface area contributed by atoms with E-state index in [1.165, 1.54) is 0 Å². The van der Waals surface area contributed by atoms with Gasteiger partial charge in [0.1, 0.15) is 6.26 Å². The van der Waals surface area contributed by atoms with Crippen molar-refractivity contribution >= 4 is 11.9 Å². The molecule has 1 atom stereocenters. The van der Waals surface area contributed by atoms with Gasteiger partial charge in [-0.3, -0.25) is 0 Å². The summed E-state index contributed by atoms with van der Waals surface area (Å²) in [6.07, 6.45) is 6.46. The first-order valence-corrected chi connectivity index (χ1v) is 6.72. The Morgan fingerprint density at radius 1 is 1.32 bits per heavy atom. The standard InChI is InChI=1S/C15H24O4/c1-5-8-9-13(6-2)11-19-15(17)12(4)10-18-14(16)7-3/h7,10,13H,3,5-6,8-9,11H2,1-2,4H3. The first-order valence-electron chi connectivity index (χ1n) is 6.72. The summed E-state index contributed by atoms with van der Waals surface area (Å²) in [5, 5.41) is 0. The second-order valence-corrected chi connectivity index (χ2v) is 4.46. The second kappa shape index (κ2) is 10.4. The van der Waals surface area contributed by atoms with Gasteiger partial charge < -0.3 is 9.47 Å². The number of unbranched alkanes of at least 4 members (excludes halogenated alkanes) is 1. The number of ether oxygens (including phenoxy) is 2. The molecule has 108 valence electrons. The normalized spacial score (nSPS) is 12.7. The third-order valence-electron chi connectivity index (χ3n) is 2.83. The van der Waals surface area contributed by atoms with Crippen molar-refractivity contribution in [3.8, 4) is 0 Å². The van der Waals surface area contributed by atoms with E-state index in [1.54, 1.807) is 6.92 Å². The van der Waals surface area contributed by atoms with Crippen LogP contribution in [0.1, 0.15) is 46.5 Å². The van der Waals surface area contributed by atoms with Crippen LogP contribution < -0.4 is 0 Å². The van der Waals surface area contributed by atoms with Gasteiger partial charge in [-0.15, -0.1) is 0 Å². The highest BCUT2D eigenvalue weighted by atomic mass is 16.5. The van der Waals surface area contributed by atoms with Gasteiger partial charge in [0.15, 0.2) is 0 Å². The first-order chi connectivity index (χ1) is 9.04. The summed E-state index contributed by atoms with van der Waals surface area (Å²) in [5.74, 6) is -0.652. The van der Waals surface area contributed by atoms with Crippen LogP contribution in [0, 0.1) is 5.92 Å². The van der Waals surface area contributed by atoms with Crippen molar-refractivity contribution in [3.05, 3.63) is 24.5 Å². The van der Waals surface area contributed by atoms with Crippen molar-refractivity contribution < 1.29 is 19.1 Å². The van der Waals surface area contributed by atoms with Gasteiger partial charge in [-0.1, -0.05) is 39.7 Å². The number of esters is 2. The van der Waals surface area contributed by atoms with Crippen molar-refractivity contribution in [1.82, 2.24) is 0 Å². The Morgan fingerprint density at radius 3 is 2.53 bits per heavy atom. The SMILES string of the molecule is C=CC(=O)OC=C(C)C(=O)OCC(CC)CCCC. The molecular weight excluding hydrogens is 244 g/mol. The van der Waals surface area contributed by atoms with Crippen molar-refractivity contribution in [1.29, 1.82) is 0 Å². The average molecular weight is 268 g/mol. The van der Waals surface area contributed by atoms with Crippen molar-refractivity contribution in [2.45, 2.75) is 46.5 Å². The third-order valence-corrected chi connectivity index (χ3v) is 2.83. The molecule has 0 aromatic carbocycles. The van der Waals surface area contributed by atoms with Crippen LogP contribution in [0.2, 0.25) is 0 Å². The lowest BCUT2D eigenvalue weighted by Gasteiger charge is -2.14. The molecule has 0 saturated carbocycles. The second-order valence-electron chi connectivity index (χ2n) is 4.46. The van der Waals surface area contributed by atoms with Crippen LogP contribution in [-0.4, -0.2) is 18.5 Å². The van der Waals surface area contributed by atoms with Crippen LogP contribution in [-0.2, 0) is 19.1 Å². The Balaban J connectivity index is 4.13. The summed E-state index contributed by atoms with van der Waals surface area (Å²) in [6, 6.07) is 0. The molecule has 0 amide bonds. The van der Waals surface area contributed by atoms with Gasteiger partial charge in [-0.25, -0.2) is 9.59 Å². The molecule has 0 aromatic rings. The first kappa shape index (κ1) is 17.4. The van der Waals surface area contributed by atoms with E-state index in [9.17, 15) is 9.59 Å². The Bertz CT molecular complexity index is 331. The van der Waals surface area contributed by atoms with Gasteiger partial charge in [0.05, 0.1) is 12.2 Å². The molecule has 0 bridgehead atoms. The molecule has 0 aliphatic heterocycles. The van der Waals surface area contributed by atoms with E-state index in [2.05, 4.69) is 25.2 Å². The molecule has 0 rings (SSSR count). The lowest BCUT2D eigenvalue weighted by molar-refractivity contribution is -0.140. The Kier molecular flexibility index (Phi) is 9.49. The van der Waals surface area contributed by atoms with Crippen LogP contribution in [0.5, 0.6) is 0 Å². The summed E-state index contributed by atoms with van der Waals surface area (Å²) in [4.78, 5) is 22.5. The maximum absolute atomic E-state index is 11.6. The number of rotatable bonds is 9. The summed E-state index contributed by atoms with van der Waals surface area (Å²) < 4.78 is 9.85. The molecule has 4 nitrogen and oxygen atoms in total. The van der Waals surface area contributed by atoms with Gasteiger partial charge in [-0.2, -0.15) is 0 Å². The van der Waals surface area contributed by atoms with Gasteiger partial charge in [0.25, 0.3) is 0 Å². The Hall–Kier alpha value is -1.58. The smallest absolute Gasteiger partial charge is 0.336 e. The van der Waals surface area contributed by atoms with E-state index < -0.39 is 11.9 Å². The zero-order chi connectivity index (χ0) is 14.7. The Labute approximate surface area is 115 Å². The van der Waals surface area contributed by atoms with Crippen LogP contribution in [0.4, 0.5) is 0 Å². The zero-order valence-corrected chi connectivity index (χ0v) is 12.1. The van der Waals surface area contributed by atoms with E-state index in [0.29, 0.717) is 12.5 Å². The fraction of sp³-hybridized carbons (Fsp3) is 0.600. The van der Waals surface area contributed by atoms with E-state index in [0.717, 1.165) is 38.0 Å². The molecule has 1 unspecified atom stereocenters. The summed E-state index contributed by atoms with van der Waals surface area (Å²) in [6.45, 7) is 9.45. The highest BCUT2D eigenvalue weighted by molar-refractivity contribution is 5.88. The van der Waals surface area contributed by atoms with Gasteiger partial charge in [-0.05, 0) is 19.3 Å². The van der Waals surface area contributed by atoms with Gasteiger partial charge in [0, 0.05) is 6.08 Å². The summed E-state index contributed by atoms with van der Waals surface area (Å²) in [5.41, 5.74) is 0.264. The number of carbonyl (C=O) groups excluding carboxylic acids is 2. The number of hydrogen-bond donors (Lipinski definition) is 0. The van der Waals surface area contributed by atoms with Crippen molar-refractivity contribution in [2.75, 3.05) is 6.61 Å². The topological polar surface area (TPSA) is 52.6 Å². The summed E-state index contributed by atoms with van der Waals surface area (Å²) in [7, 11) is 0. The van der Waals surface area contributed by atoms with E-state index >= 15 is 0 Å². The molecule has 0 spiro atoms. The lowest BCUT2D eigenvalue weighted by atomic mass is 10.0. The fourth-order valence-corrected chi connectivity index (χ4v) is 1.45. The fourth-order valence-electron chi connectivity index (χ4n) is 1.45. The molecule has 0 saturated heterocycles. The predicted molar refractivity (Wildman–Crippen MR) is 74.3 cm³/mol. The van der Waals surface area contributed by atoms with E-state index in [1.807, 2.05) is 0 Å². The maximum Gasteiger partial charge on any atom is 0.336 e. The van der Waals surface area contributed by atoms with Crippen LogP contribution >= 0.6 is 0 Å². The maximum atomic E-state index is 11.6. The van der Waals surface area contributed by atoms with Crippen molar-refractivity contribution in [3.63, 3.8) is 0 Å².